The maximum Gasteiger partial charge on any atom is 0.191 e. The third kappa shape index (κ3) is 5.43. The minimum Gasteiger partial charge on any atom is -0.354 e. The second-order valence-electron chi connectivity index (χ2n) is 6.13. The minimum absolute atomic E-state index is 0.377. The van der Waals surface area contributed by atoms with Crippen molar-refractivity contribution in [1.29, 1.82) is 0 Å². The molecular weight excluding hydrogens is 286 g/mol. The Morgan fingerprint density at radius 3 is 2.57 bits per heavy atom. The van der Waals surface area contributed by atoms with Crippen LogP contribution < -0.4 is 10.6 Å². The topological polar surface area (TPSA) is 54.2 Å². The highest BCUT2D eigenvalue weighted by Gasteiger charge is 2.09. The van der Waals surface area contributed by atoms with Crippen molar-refractivity contribution in [3.8, 4) is 0 Å². The molecule has 1 heterocycles. The Morgan fingerprint density at radius 2 is 1.91 bits per heavy atom. The van der Waals surface area contributed by atoms with Gasteiger partial charge in [0.15, 0.2) is 5.96 Å². The van der Waals surface area contributed by atoms with E-state index >= 15 is 0 Å². The maximum atomic E-state index is 4.42. The molecule has 0 aliphatic rings. The predicted molar refractivity (Wildman–Crippen MR) is 95.4 cm³/mol. The van der Waals surface area contributed by atoms with Crippen LogP contribution in [-0.4, -0.2) is 28.8 Å². The van der Waals surface area contributed by atoms with Gasteiger partial charge in [-0.1, -0.05) is 44.2 Å². The first-order valence-corrected chi connectivity index (χ1v) is 8.11. The van der Waals surface area contributed by atoms with Gasteiger partial charge in [-0.2, -0.15) is 5.10 Å². The van der Waals surface area contributed by atoms with Crippen LogP contribution in [-0.2, 0) is 13.1 Å². The van der Waals surface area contributed by atoms with Crippen molar-refractivity contribution < 1.29 is 0 Å². The summed E-state index contributed by atoms with van der Waals surface area (Å²) >= 11 is 0. The molecule has 2 aromatic rings. The van der Waals surface area contributed by atoms with Crippen molar-refractivity contribution in [2.24, 2.45) is 10.9 Å². The van der Waals surface area contributed by atoms with Crippen LogP contribution in [0.2, 0.25) is 0 Å². The molecule has 0 aliphatic heterocycles. The lowest BCUT2D eigenvalue weighted by Crippen LogP contribution is -2.43. The summed E-state index contributed by atoms with van der Waals surface area (Å²) in [5.41, 5.74) is 2.39. The van der Waals surface area contributed by atoms with Crippen molar-refractivity contribution in [3.63, 3.8) is 0 Å². The molecule has 1 aromatic heterocycles. The molecule has 0 amide bonds. The fourth-order valence-corrected chi connectivity index (χ4v) is 2.12. The minimum atomic E-state index is 0.377. The first-order chi connectivity index (χ1) is 11.1. The SMILES string of the molecule is CN=C(NCc1cnn(Cc2ccccc2)c1)NC(C)C(C)C. The predicted octanol–water partition coefficient (Wildman–Crippen LogP) is 2.64. The number of guanidine groups is 1. The quantitative estimate of drug-likeness (QED) is 0.637. The summed E-state index contributed by atoms with van der Waals surface area (Å²) in [5, 5.41) is 11.1. The Hall–Kier alpha value is -2.30. The molecule has 1 aromatic carbocycles. The second kappa shape index (κ2) is 8.36. The lowest BCUT2D eigenvalue weighted by Gasteiger charge is -2.20. The summed E-state index contributed by atoms with van der Waals surface area (Å²) in [6, 6.07) is 10.7. The van der Waals surface area contributed by atoms with E-state index in [9.17, 15) is 0 Å². The van der Waals surface area contributed by atoms with Gasteiger partial charge in [-0.15, -0.1) is 0 Å². The third-order valence-electron chi connectivity index (χ3n) is 3.92. The molecule has 1 atom stereocenters. The number of hydrogen-bond acceptors (Lipinski definition) is 2. The van der Waals surface area contributed by atoms with Gasteiger partial charge in [-0.05, 0) is 18.4 Å². The first-order valence-electron chi connectivity index (χ1n) is 8.11. The van der Waals surface area contributed by atoms with Gasteiger partial charge in [0.05, 0.1) is 12.7 Å². The molecule has 0 radical (unpaired) electrons. The van der Waals surface area contributed by atoms with Crippen LogP contribution in [0.3, 0.4) is 0 Å². The van der Waals surface area contributed by atoms with Crippen LogP contribution in [0.1, 0.15) is 31.9 Å². The standard InChI is InChI=1S/C18H27N5/c1-14(2)15(3)22-18(19-4)20-10-17-11-21-23(13-17)12-16-8-6-5-7-9-16/h5-9,11,13-15H,10,12H2,1-4H3,(H2,19,20,22). The van der Waals surface area contributed by atoms with E-state index < -0.39 is 0 Å². The van der Waals surface area contributed by atoms with E-state index in [4.69, 9.17) is 0 Å². The number of nitrogens with zero attached hydrogens (tertiary/aromatic N) is 3. The molecule has 0 bridgehead atoms. The maximum absolute atomic E-state index is 4.42. The molecule has 23 heavy (non-hydrogen) atoms. The highest BCUT2D eigenvalue weighted by atomic mass is 15.3. The largest absolute Gasteiger partial charge is 0.354 e. The Morgan fingerprint density at radius 1 is 1.17 bits per heavy atom. The molecule has 5 nitrogen and oxygen atoms in total. The van der Waals surface area contributed by atoms with Crippen LogP contribution in [0, 0.1) is 5.92 Å². The molecule has 0 aliphatic carbocycles. The molecule has 0 saturated heterocycles. The number of benzene rings is 1. The van der Waals surface area contributed by atoms with E-state index in [-0.39, 0.29) is 0 Å². The summed E-state index contributed by atoms with van der Waals surface area (Å²) in [5.74, 6) is 1.38. The highest BCUT2D eigenvalue weighted by molar-refractivity contribution is 5.79. The van der Waals surface area contributed by atoms with Crippen LogP contribution in [0.5, 0.6) is 0 Å². The Balaban J connectivity index is 1.86. The molecular formula is C18H27N5. The highest BCUT2D eigenvalue weighted by Crippen LogP contribution is 2.04. The van der Waals surface area contributed by atoms with Crippen molar-refractivity contribution in [2.45, 2.75) is 39.9 Å². The zero-order valence-electron chi connectivity index (χ0n) is 14.5. The fourth-order valence-electron chi connectivity index (χ4n) is 2.12. The average Bonchev–Trinajstić information content (AvgIpc) is 2.99. The van der Waals surface area contributed by atoms with Crippen LogP contribution in [0.25, 0.3) is 0 Å². The van der Waals surface area contributed by atoms with E-state index in [2.05, 4.69) is 59.8 Å². The summed E-state index contributed by atoms with van der Waals surface area (Å²) in [4.78, 5) is 4.27. The molecule has 124 valence electrons. The van der Waals surface area contributed by atoms with E-state index in [1.165, 1.54) is 5.56 Å². The monoisotopic (exact) mass is 313 g/mol. The third-order valence-corrected chi connectivity index (χ3v) is 3.92. The van der Waals surface area contributed by atoms with Crippen LogP contribution in [0.15, 0.2) is 47.7 Å². The van der Waals surface area contributed by atoms with Gasteiger partial charge in [0.25, 0.3) is 0 Å². The van der Waals surface area contributed by atoms with Gasteiger partial charge >= 0.3 is 0 Å². The van der Waals surface area contributed by atoms with Crippen molar-refractivity contribution in [2.75, 3.05) is 7.05 Å². The summed E-state index contributed by atoms with van der Waals surface area (Å²) in [6.07, 6.45) is 3.97. The lowest BCUT2D eigenvalue weighted by atomic mass is 10.1. The second-order valence-corrected chi connectivity index (χ2v) is 6.13. The van der Waals surface area contributed by atoms with Gasteiger partial charge in [-0.3, -0.25) is 9.67 Å². The van der Waals surface area contributed by atoms with E-state index in [0.717, 1.165) is 18.1 Å². The van der Waals surface area contributed by atoms with Gasteiger partial charge in [-0.25, -0.2) is 0 Å². The normalized spacial score (nSPS) is 13.2. The lowest BCUT2D eigenvalue weighted by molar-refractivity contribution is 0.481. The number of nitrogens with one attached hydrogen (secondary N) is 2. The molecule has 5 heteroatoms. The van der Waals surface area contributed by atoms with Gasteiger partial charge in [0, 0.05) is 31.4 Å². The van der Waals surface area contributed by atoms with Gasteiger partial charge < -0.3 is 10.6 Å². The molecule has 1 unspecified atom stereocenters. The van der Waals surface area contributed by atoms with Gasteiger partial charge in [0.1, 0.15) is 0 Å². The van der Waals surface area contributed by atoms with E-state index in [0.29, 0.717) is 18.5 Å². The Labute approximate surface area is 138 Å². The fraction of sp³-hybridized carbons (Fsp3) is 0.444. The average molecular weight is 313 g/mol. The zero-order chi connectivity index (χ0) is 16.7. The zero-order valence-corrected chi connectivity index (χ0v) is 14.5. The van der Waals surface area contributed by atoms with Crippen molar-refractivity contribution in [3.05, 3.63) is 53.9 Å². The van der Waals surface area contributed by atoms with E-state index in [1.807, 2.05) is 29.1 Å². The Bertz CT molecular complexity index is 615. The number of hydrogen-bond donors (Lipinski definition) is 2. The summed E-state index contributed by atoms with van der Waals surface area (Å²) < 4.78 is 1.96. The molecule has 2 N–H and O–H groups in total. The van der Waals surface area contributed by atoms with Crippen molar-refractivity contribution >= 4 is 5.96 Å². The number of rotatable bonds is 6. The molecule has 2 rings (SSSR count). The molecule has 0 fully saturated rings. The summed E-state index contributed by atoms with van der Waals surface area (Å²) in [7, 11) is 1.79. The number of aliphatic imine (C=N–C) groups is 1. The van der Waals surface area contributed by atoms with E-state index in [1.54, 1.807) is 7.05 Å². The number of aromatic nitrogens is 2. The Kier molecular flexibility index (Phi) is 6.20. The molecule has 0 spiro atoms. The van der Waals surface area contributed by atoms with Gasteiger partial charge in [0.2, 0.25) is 0 Å². The molecule has 0 saturated carbocycles. The smallest absolute Gasteiger partial charge is 0.191 e. The summed E-state index contributed by atoms with van der Waals surface area (Å²) in [6.45, 7) is 8.05. The van der Waals surface area contributed by atoms with Crippen LogP contribution in [0.4, 0.5) is 0 Å². The van der Waals surface area contributed by atoms with Crippen molar-refractivity contribution in [1.82, 2.24) is 20.4 Å². The van der Waals surface area contributed by atoms with Crippen LogP contribution >= 0.6 is 0 Å². The first kappa shape index (κ1) is 17.1.